The summed E-state index contributed by atoms with van der Waals surface area (Å²) in [7, 11) is -3.65. The first kappa shape index (κ1) is 20.7. The van der Waals surface area contributed by atoms with Crippen LogP contribution in [0.1, 0.15) is 49.3 Å². The van der Waals surface area contributed by atoms with E-state index in [0.29, 0.717) is 23.1 Å². The van der Waals surface area contributed by atoms with Gasteiger partial charge in [-0.1, -0.05) is 38.0 Å². The van der Waals surface area contributed by atoms with Gasteiger partial charge in [0.25, 0.3) is 0 Å². The van der Waals surface area contributed by atoms with Crippen molar-refractivity contribution in [2.45, 2.75) is 61.8 Å². The smallest absolute Gasteiger partial charge is 0.238 e. The van der Waals surface area contributed by atoms with E-state index in [-0.39, 0.29) is 10.3 Å². The Morgan fingerprint density at radius 1 is 1.16 bits per heavy atom. The zero-order chi connectivity index (χ0) is 22.3. The molecule has 1 spiro atoms. The van der Waals surface area contributed by atoms with Crippen LogP contribution in [0.15, 0.2) is 47.4 Å². The highest BCUT2D eigenvalue weighted by Gasteiger charge is 2.79. The number of nitrogens with one attached hydrogen (secondary N) is 1. The maximum absolute atomic E-state index is 11.5. The van der Waals surface area contributed by atoms with E-state index >= 15 is 0 Å². The van der Waals surface area contributed by atoms with Crippen molar-refractivity contribution in [1.82, 2.24) is 5.32 Å². The number of fused-ring (bicyclic) bond motifs is 2. The lowest BCUT2D eigenvalue weighted by Crippen LogP contribution is -2.80. The first-order valence-corrected chi connectivity index (χ1v) is 13.4. The molecule has 2 aromatic carbocycles. The summed E-state index contributed by atoms with van der Waals surface area (Å²) in [4.78, 5) is 0.158. The number of phenolic OH excluding ortho intramolecular Hbond substituents is 1. The number of benzene rings is 2. The van der Waals surface area contributed by atoms with Crippen LogP contribution < -0.4 is 10.5 Å². The molecule has 170 valence electrons. The second-order valence-electron chi connectivity index (χ2n) is 10.9. The normalized spacial score (nSPS) is 34.8. The van der Waals surface area contributed by atoms with Crippen molar-refractivity contribution in [3.63, 3.8) is 0 Å². The summed E-state index contributed by atoms with van der Waals surface area (Å²) in [5.74, 6) is 2.86. The summed E-state index contributed by atoms with van der Waals surface area (Å²) in [5.41, 5.74) is 4.30. The average molecular weight is 453 g/mol. The molecule has 5 atom stereocenters. The van der Waals surface area contributed by atoms with Gasteiger partial charge in [0.05, 0.1) is 4.90 Å². The minimum Gasteiger partial charge on any atom is -0.508 e. The molecule has 0 bridgehead atoms. The van der Waals surface area contributed by atoms with Gasteiger partial charge in [0.1, 0.15) is 5.75 Å². The molecule has 4 aliphatic carbocycles. The van der Waals surface area contributed by atoms with Crippen molar-refractivity contribution in [2.75, 3.05) is 6.54 Å². The van der Waals surface area contributed by atoms with Crippen LogP contribution in [0.3, 0.4) is 0 Å². The lowest BCUT2D eigenvalue weighted by molar-refractivity contribution is -0.224. The summed E-state index contributed by atoms with van der Waals surface area (Å²) < 4.78 is 23.0. The van der Waals surface area contributed by atoms with E-state index in [1.54, 1.807) is 12.1 Å². The Bertz CT molecular complexity index is 1170. The predicted octanol–water partition coefficient (Wildman–Crippen LogP) is 3.49. The molecule has 0 aliphatic heterocycles. The number of primary sulfonamides is 1. The molecule has 0 aromatic heterocycles. The molecule has 4 N–H and O–H groups in total. The first-order valence-electron chi connectivity index (χ1n) is 11.9. The van der Waals surface area contributed by atoms with E-state index in [1.807, 2.05) is 24.3 Å². The topological polar surface area (TPSA) is 92.4 Å². The van der Waals surface area contributed by atoms with Crippen LogP contribution in [-0.4, -0.2) is 26.1 Å². The van der Waals surface area contributed by atoms with Gasteiger partial charge in [-0.15, -0.1) is 0 Å². The van der Waals surface area contributed by atoms with Crippen LogP contribution in [0.4, 0.5) is 0 Å². The van der Waals surface area contributed by atoms with Crippen molar-refractivity contribution < 1.29 is 13.5 Å². The van der Waals surface area contributed by atoms with Gasteiger partial charge in [0.15, 0.2) is 0 Å². The zero-order valence-electron chi connectivity index (χ0n) is 18.5. The molecule has 3 saturated carbocycles. The Morgan fingerprint density at radius 3 is 2.59 bits per heavy atom. The average Bonchev–Trinajstić information content (AvgIpc) is 3.52. The second-order valence-corrected chi connectivity index (χ2v) is 12.5. The first-order chi connectivity index (χ1) is 15.2. The van der Waals surface area contributed by atoms with Gasteiger partial charge in [-0.25, -0.2) is 13.6 Å². The summed E-state index contributed by atoms with van der Waals surface area (Å²) in [6.07, 6.45) is 7.53. The highest BCUT2D eigenvalue weighted by molar-refractivity contribution is 7.89. The molecule has 3 fully saturated rings. The molecule has 0 saturated heterocycles. The molecular weight excluding hydrogens is 420 g/mol. The Balaban J connectivity index is 1.21. The Morgan fingerprint density at radius 2 is 1.91 bits per heavy atom. The number of rotatable bonds is 7. The summed E-state index contributed by atoms with van der Waals surface area (Å²) in [5, 5.41) is 19.3. The van der Waals surface area contributed by atoms with Gasteiger partial charge in [-0.05, 0) is 96.4 Å². The highest BCUT2D eigenvalue weighted by atomic mass is 32.2. The maximum Gasteiger partial charge on any atom is 0.238 e. The summed E-state index contributed by atoms with van der Waals surface area (Å²) in [6.45, 7) is 3.27. The molecule has 5 nitrogen and oxygen atoms in total. The molecule has 2 aromatic rings. The Labute approximate surface area is 190 Å². The third-order valence-corrected chi connectivity index (χ3v) is 10.2. The van der Waals surface area contributed by atoms with Gasteiger partial charge >= 0.3 is 0 Å². The van der Waals surface area contributed by atoms with Gasteiger partial charge in [0, 0.05) is 11.5 Å². The van der Waals surface area contributed by atoms with Crippen LogP contribution in [-0.2, 0) is 28.3 Å². The van der Waals surface area contributed by atoms with E-state index in [2.05, 4.69) is 18.3 Å². The quantitative estimate of drug-likeness (QED) is 0.600. The van der Waals surface area contributed by atoms with Crippen LogP contribution >= 0.6 is 0 Å². The van der Waals surface area contributed by atoms with Gasteiger partial charge in [-0.2, -0.15) is 0 Å². The van der Waals surface area contributed by atoms with Crippen LogP contribution in [0, 0.1) is 23.2 Å². The number of hydrogen-bond donors (Lipinski definition) is 3. The van der Waals surface area contributed by atoms with Crippen molar-refractivity contribution in [2.24, 2.45) is 28.3 Å². The molecular formula is C26H32N2O3S. The van der Waals surface area contributed by atoms with Gasteiger partial charge in [-0.3, -0.25) is 0 Å². The standard InChI is InChI=1S/C26H32N2O3S/c1-25-22-13-20(29)7-6-18(22)14-26(25)15-19(12-17-2-3-17)23(26)24(25)28-11-10-16-4-8-21(9-5-16)32(27,30)31/h4-9,13,17,19,23-24,28-29H,2-3,10-12,14-15H2,1H3,(H2,27,30,31)/t19?,23-,24-,25+,26-/m0/s1. The lowest BCUT2D eigenvalue weighted by Gasteiger charge is -2.76. The summed E-state index contributed by atoms with van der Waals surface area (Å²) >= 11 is 0. The molecule has 0 heterocycles. The van der Waals surface area contributed by atoms with Crippen LogP contribution in [0.2, 0.25) is 0 Å². The van der Waals surface area contributed by atoms with Gasteiger partial charge in [0.2, 0.25) is 10.0 Å². The van der Waals surface area contributed by atoms with Crippen molar-refractivity contribution >= 4 is 10.0 Å². The third kappa shape index (κ3) is 2.85. The van der Waals surface area contributed by atoms with E-state index in [9.17, 15) is 13.5 Å². The Kier molecular flexibility index (Phi) is 4.41. The van der Waals surface area contributed by atoms with Crippen molar-refractivity contribution in [1.29, 1.82) is 0 Å². The molecule has 32 heavy (non-hydrogen) atoms. The number of hydrogen-bond acceptors (Lipinski definition) is 4. The highest BCUT2D eigenvalue weighted by Crippen LogP contribution is 2.79. The fourth-order valence-corrected chi connectivity index (χ4v) is 8.17. The van der Waals surface area contributed by atoms with E-state index in [1.165, 1.54) is 36.8 Å². The fourth-order valence-electron chi connectivity index (χ4n) is 7.66. The Hall–Kier alpha value is -1.89. The van der Waals surface area contributed by atoms with Crippen molar-refractivity contribution in [3.8, 4) is 5.75 Å². The number of aromatic hydroxyl groups is 1. The van der Waals surface area contributed by atoms with Gasteiger partial charge < -0.3 is 10.4 Å². The van der Waals surface area contributed by atoms with E-state index in [4.69, 9.17) is 5.14 Å². The van der Waals surface area contributed by atoms with Crippen LogP contribution in [0.5, 0.6) is 5.75 Å². The molecule has 1 unspecified atom stereocenters. The largest absolute Gasteiger partial charge is 0.508 e. The third-order valence-electron chi connectivity index (χ3n) is 9.31. The summed E-state index contributed by atoms with van der Waals surface area (Å²) in [6, 6.07) is 13.3. The lowest BCUT2D eigenvalue weighted by atomic mass is 9.30. The zero-order valence-corrected chi connectivity index (χ0v) is 19.4. The predicted molar refractivity (Wildman–Crippen MR) is 124 cm³/mol. The van der Waals surface area contributed by atoms with Crippen molar-refractivity contribution in [3.05, 3.63) is 59.2 Å². The second kappa shape index (κ2) is 6.81. The number of nitrogens with two attached hydrogens (primary N) is 1. The molecule has 6 heteroatoms. The fraction of sp³-hybridized carbons (Fsp3) is 0.538. The minimum absolute atomic E-state index is 0.0727. The minimum atomic E-state index is -3.65. The SMILES string of the molecule is C[C@]12c3cc(O)ccc3C[C@@]13CC(CC1CC1)[C@H]3[C@@H]2NCCc1ccc(S(N)(=O)=O)cc1. The molecule has 4 aliphatic rings. The molecule has 0 amide bonds. The monoisotopic (exact) mass is 452 g/mol. The van der Waals surface area contributed by atoms with Crippen LogP contribution in [0.25, 0.3) is 0 Å². The molecule has 0 radical (unpaired) electrons. The van der Waals surface area contributed by atoms with E-state index in [0.717, 1.165) is 36.8 Å². The maximum atomic E-state index is 11.5. The molecule has 6 rings (SSSR count). The number of sulfonamides is 1. The van der Waals surface area contributed by atoms with E-state index < -0.39 is 10.0 Å². The number of phenols is 1.